The standard InChI is InChI=1S/C16H26N2O2/c1-4-14-6-8-15(9-7-14)16(20)12(2)17-10-5-11-18-13(3)19/h6-9,12,16-17,20H,4-5,10-11H2,1-3H3,(H,18,19). The van der Waals surface area contributed by atoms with Gasteiger partial charge < -0.3 is 15.7 Å². The molecule has 0 spiro atoms. The van der Waals surface area contributed by atoms with Gasteiger partial charge in [-0.25, -0.2) is 0 Å². The minimum absolute atomic E-state index is 0.00547. The second-order valence-electron chi connectivity index (χ2n) is 5.12. The lowest BCUT2D eigenvalue weighted by Crippen LogP contribution is -2.34. The van der Waals surface area contributed by atoms with Gasteiger partial charge in [0.1, 0.15) is 0 Å². The van der Waals surface area contributed by atoms with Gasteiger partial charge in [-0.3, -0.25) is 4.79 Å². The fourth-order valence-corrected chi connectivity index (χ4v) is 2.03. The van der Waals surface area contributed by atoms with E-state index in [0.717, 1.165) is 24.9 Å². The van der Waals surface area contributed by atoms with Gasteiger partial charge in [-0.05, 0) is 37.4 Å². The summed E-state index contributed by atoms with van der Waals surface area (Å²) in [6, 6.07) is 8.07. The van der Waals surface area contributed by atoms with Crippen LogP contribution in [0.3, 0.4) is 0 Å². The van der Waals surface area contributed by atoms with Crippen LogP contribution in [0.4, 0.5) is 0 Å². The average Bonchev–Trinajstić information content (AvgIpc) is 2.45. The summed E-state index contributed by atoms with van der Waals surface area (Å²) >= 11 is 0. The minimum Gasteiger partial charge on any atom is -0.387 e. The molecule has 0 fully saturated rings. The first-order chi connectivity index (χ1) is 9.54. The molecule has 0 saturated carbocycles. The number of rotatable bonds is 8. The van der Waals surface area contributed by atoms with Crippen LogP contribution in [0, 0.1) is 0 Å². The number of aliphatic hydroxyl groups excluding tert-OH is 1. The maximum atomic E-state index is 10.7. The third-order valence-corrected chi connectivity index (χ3v) is 3.40. The predicted octanol–water partition coefficient (Wildman–Crippen LogP) is 1.79. The first-order valence-electron chi connectivity index (χ1n) is 7.29. The third-order valence-electron chi connectivity index (χ3n) is 3.40. The highest BCUT2D eigenvalue weighted by Gasteiger charge is 2.15. The molecule has 2 unspecified atom stereocenters. The lowest BCUT2D eigenvalue weighted by atomic mass is 10.0. The summed E-state index contributed by atoms with van der Waals surface area (Å²) in [6.07, 6.45) is 1.35. The van der Waals surface area contributed by atoms with Crippen molar-refractivity contribution in [2.24, 2.45) is 0 Å². The molecule has 0 aliphatic rings. The van der Waals surface area contributed by atoms with Gasteiger partial charge in [-0.1, -0.05) is 31.2 Å². The van der Waals surface area contributed by atoms with Crippen molar-refractivity contribution in [3.05, 3.63) is 35.4 Å². The smallest absolute Gasteiger partial charge is 0.216 e. The largest absolute Gasteiger partial charge is 0.387 e. The summed E-state index contributed by atoms with van der Waals surface area (Å²) in [7, 11) is 0. The summed E-state index contributed by atoms with van der Waals surface area (Å²) in [5.41, 5.74) is 2.21. The van der Waals surface area contributed by atoms with Crippen molar-refractivity contribution in [1.29, 1.82) is 0 Å². The van der Waals surface area contributed by atoms with Crippen LogP contribution >= 0.6 is 0 Å². The maximum Gasteiger partial charge on any atom is 0.216 e. The van der Waals surface area contributed by atoms with Gasteiger partial charge in [-0.15, -0.1) is 0 Å². The fourth-order valence-electron chi connectivity index (χ4n) is 2.03. The van der Waals surface area contributed by atoms with Crippen molar-refractivity contribution < 1.29 is 9.90 Å². The molecule has 0 bridgehead atoms. The van der Waals surface area contributed by atoms with E-state index in [0.29, 0.717) is 6.54 Å². The van der Waals surface area contributed by atoms with Crippen molar-refractivity contribution in [3.8, 4) is 0 Å². The van der Waals surface area contributed by atoms with Gasteiger partial charge in [0.25, 0.3) is 0 Å². The lowest BCUT2D eigenvalue weighted by Gasteiger charge is -2.21. The summed E-state index contributed by atoms with van der Waals surface area (Å²) < 4.78 is 0. The Bertz CT molecular complexity index is 403. The third kappa shape index (κ3) is 5.72. The number of hydrogen-bond acceptors (Lipinski definition) is 3. The first kappa shape index (κ1) is 16.7. The Balaban J connectivity index is 2.34. The molecule has 4 heteroatoms. The molecular formula is C16H26N2O2. The monoisotopic (exact) mass is 278 g/mol. The highest BCUT2D eigenvalue weighted by molar-refractivity contribution is 5.72. The van der Waals surface area contributed by atoms with Gasteiger partial charge in [0.2, 0.25) is 5.91 Å². The SMILES string of the molecule is CCc1ccc(C(O)C(C)NCCCNC(C)=O)cc1. The van der Waals surface area contributed by atoms with E-state index in [2.05, 4.69) is 29.7 Å². The second kappa shape index (κ2) is 8.72. The number of hydrogen-bond donors (Lipinski definition) is 3. The number of benzene rings is 1. The van der Waals surface area contributed by atoms with Crippen molar-refractivity contribution in [2.45, 2.75) is 45.8 Å². The highest BCUT2D eigenvalue weighted by atomic mass is 16.3. The zero-order valence-corrected chi connectivity index (χ0v) is 12.6. The van der Waals surface area contributed by atoms with Crippen LogP contribution in [0.2, 0.25) is 0 Å². The lowest BCUT2D eigenvalue weighted by molar-refractivity contribution is -0.118. The molecule has 2 atom stereocenters. The zero-order valence-electron chi connectivity index (χ0n) is 12.6. The van der Waals surface area contributed by atoms with E-state index in [1.54, 1.807) is 0 Å². The molecule has 0 radical (unpaired) electrons. The minimum atomic E-state index is -0.512. The van der Waals surface area contributed by atoms with E-state index in [4.69, 9.17) is 0 Å². The molecule has 3 N–H and O–H groups in total. The van der Waals surface area contributed by atoms with E-state index < -0.39 is 6.10 Å². The summed E-state index contributed by atoms with van der Waals surface area (Å²) in [5.74, 6) is -0.00547. The Morgan fingerprint density at radius 3 is 2.45 bits per heavy atom. The molecule has 0 aliphatic carbocycles. The van der Waals surface area contributed by atoms with Crippen LogP contribution in [-0.2, 0) is 11.2 Å². The number of amides is 1. The zero-order chi connectivity index (χ0) is 15.0. The molecule has 112 valence electrons. The molecular weight excluding hydrogens is 252 g/mol. The number of nitrogens with one attached hydrogen (secondary N) is 2. The molecule has 20 heavy (non-hydrogen) atoms. The van der Waals surface area contributed by atoms with Gasteiger partial charge in [0.05, 0.1) is 6.10 Å². The Morgan fingerprint density at radius 2 is 1.90 bits per heavy atom. The molecule has 1 amide bonds. The first-order valence-corrected chi connectivity index (χ1v) is 7.29. The van der Waals surface area contributed by atoms with Gasteiger partial charge in [0, 0.05) is 19.5 Å². The molecule has 1 aromatic carbocycles. The van der Waals surface area contributed by atoms with Crippen LogP contribution in [0.1, 0.15) is 44.4 Å². The average molecular weight is 278 g/mol. The van der Waals surface area contributed by atoms with Gasteiger partial charge >= 0.3 is 0 Å². The predicted molar refractivity (Wildman–Crippen MR) is 81.5 cm³/mol. The normalized spacial score (nSPS) is 13.8. The molecule has 0 saturated heterocycles. The van der Waals surface area contributed by atoms with Crippen molar-refractivity contribution in [1.82, 2.24) is 10.6 Å². The molecule has 0 aliphatic heterocycles. The van der Waals surface area contributed by atoms with E-state index >= 15 is 0 Å². The quantitative estimate of drug-likeness (QED) is 0.635. The fraction of sp³-hybridized carbons (Fsp3) is 0.562. The van der Waals surface area contributed by atoms with E-state index in [-0.39, 0.29) is 11.9 Å². The van der Waals surface area contributed by atoms with Crippen molar-refractivity contribution >= 4 is 5.91 Å². The summed E-state index contributed by atoms with van der Waals surface area (Å²) in [5, 5.41) is 16.3. The number of carbonyl (C=O) groups is 1. The van der Waals surface area contributed by atoms with Gasteiger partial charge in [0.15, 0.2) is 0 Å². The number of aliphatic hydroxyl groups is 1. The number of carbonyl (C=O) groups excluding carboxylic acids is 1. The van der Waals surface area contributed by atoms with Crippen LogP contribution < -0.4 is 10.6 Å². The molecule has 0 aromatic heterocycles. The van der Waals surface area contributed by atoms with Gasteiger partial charge in [-0.2, -0.15) is 0 Å². The topological polar surface area (TPSA) is 61.4 Å². The summed E-state index contributed by atoms with van der Waals surface area (Å²) in [4.78, 5) is 10.7. The molecule has 4 nitrogen and oxygen atoms in total. The van der Waals surface area contributed by atoms with Crippen molar-refractivity contribution in [3.63, 3.8) is 0 Å². The van der Waals surface area contributed by atoms with E-state index in [1.807, 2.05) is 19.1 Å². The Kier molecular flexibility index (Phi) is 7.26. The van der Waals surface area contributed by atoms with Crippen LogP contribution in [0.15, 0.2) is 24.3 Å². The van der Waals surface area contributed by atoms with Crippen LogP contribution in [0.25, 0.3) is 0 Å². The Morgan fingerprint density at radius 1 is 1.25 bits per heavy atom. The van der Waals surface area contributed by atoms with E-state index in [9.17, 15) is 9.90 Å². The number of aryl methyl sites for hydroxylation is 1. The molecule has 1 rings (SSSR count). The second-order valence-corrected chi connectivity index (χ2v) is 5.12. The maximum absolute atomic E-state index is 10.7. The van der Waals surface area contributed by atoms with Crippen LogP contribution in [0.5, 0.6) is 0 Å². The summed E-state index contributed by atoms with van der Waals surface area (Å²) in [6.45, 7) is 7.03. The van der Waals surface area contributed by atoms with Crippen molar-refractivity contribution in [2.75, 3.05) is 13.1 Å². The molecule has 1 aromatic rings. The molecule has 0 heterocycles. The Hall–Kier alpha value is -1.39. The highest BCUT2D eigenvalue weighted by Crippen LogP contribution is 2.17. The van der Waals surface area contributed by atoms with E-state index in [1.165, 1.54) is 12.5 Å². The Labute approximate surface area is 121 Å². The van der Waals surface area contributed by atoms with Crippen LogP contribution in [-0.4, -0.2) is 30.1 Å².